The van der Waals surface area contributed by atoms with Gasteiger partial charge in [-0.15, -0.1) is 0 Å². The minimum atomic E-state index is -4.95. The molecule has 0 radical (unpaired) electrons. The van der Waals surface area contributed by atoms with Gasteiger partial charge in [-0.3, -0.25) is 4.52 Å². The summed E-state index contributed by atoms with van der Waals surface area (Å²) in [5.41, 5.74) is 0. The molecule has 0 aromatic carbocycles. The number of alkyl halides is 1. The molecule has 27 heavy (non-hydrogen) atoms. The van der Waals surface area contributed by atoms with Crippen molar-refractivity contribution in [3.8, 4) is 0 Å². The second-order valence-corrected chi connectivity index (χ2v) is 7.33. The Morgan fingerprint density at radius 3 is 1.96 bits per heavy atom. The summed E-state index contributed by atoms with van der Waals surface area (Å²) in [5, 5.41) is 57.8. The SMILES string of the molecule is O=P(O)(O)OCC1O[C@H](O[C@H]2O[C@H](CO)[C@@H](O)C(O)C2O)C(F)C(O)[C@@H]1O. The number of aliphatic hydroxyl groups excluding tert-OH is 6. The zero-order chi connectivity index (χ0) is 20.5. The van der Waals surface area contributed by atoms with Crippen LogP contribution < -0.4 is 0 Å². The number of aliphatic hydroxyl groups is 6. The molecule has 0 spiro atoms. The molecule has 2 rings (SSSR count). The van der Waals surface area contributed by atoms with Gasteiger partial charge >= 0.3 is 7.82 Å². The fourth-order valence-electron chi connectivity index (χ4n) is 2.62. The average Bonchev–Trinajstić information content (AvgIpc) is 2.60. The van der Waals surface area contributed by atoms with Crippen LogP contribution in [0.25, 0.3) is 0 Å². The normalized spacial score (nSPS) is 46.4. The fraction of sp³-hybridized carbons (Fsp3) is 1.00. The van der Waals surface area contributed by atoms with Crippen LogP contribution in [0.1, 0.15) is 0 Å². The van der Waals surface area contributed by atoms with E-state index in [4.69, 9.17) is 29.1 Å². The first kappa shape index (κ1) is 23.0. The maximum atomic E-state index is 14.2. The molecule has 2 saturated heterocycles. The van der Waals surface area contributed by atoms with Crippen LogP contribution in [-0.2, 0) is 23.3 Å². The second-order valence-electron chi connectivity index (χ2n) is 6.09. The molecule has 0 amide bonds. The third kappa shape index (κ3) is 5.39. The minimum absolute atomic E-state index is 0.768. The van der Waals surface area contributed by atoms with Gasteiger partial charge in [0.05, 0.1) is 13.2 Å². The topological polar surface area (TPSA) is 216 Å². The summed E-state index contributed by atoms with van der Waals surface area (Å²) in [5.74, 6) is 0. The first-order valence-corrected chi connectivity index (χ1v) is 9.31. The van der Waals surface area contributed by atoms with Crippen LogP contribution in [0.3, 0.4) is 0 Å². The van der Waals surface area contributed by atoms with Crippen molar-refractivity contribution in [2.75, 3.05) is 13.2 Å². The van der Waals surface area contributed by atoms with Crippen molar-refractivity contribution in [3.63, 3.8) is 0 Å². The van der Waals surface area contributed by atoms with Gasteiger partial charge in [-0.2, -0.15) is 0 Å². The van der Waals surface area contributed by atoms with E-state index in [9.17, 15) is 34.5 Å². The molecule has 0 aromatic heterocycles. The second kappa shape index (κ2) is 9.00. The average molecular weight is 424 g/mol. The smallest absolute Gasteiger partial charge is 0.394 e. The zero-order valence-corrected chi connectivity index (χ0v) is 14.5. The van der Waals surface area contributed by atoms with Gasteiger partial charge in [0.25, 0.3) is 0 Å². The standard InChI is InChI=1S/C12H22FO13P/c13-5-8(17)7(16)4(2-23-27(20,21)22)25-11(5)26-12-10(19)9(18)6(15)3(1-14)24-12/h3-12,14-19H,1-2H2,(H2,20,21,22)/t3-,4?,5?,6-,7-,8?,9?,10?,11-,12-/m1/s1. The lowest BCUT2D eigenvalue weighted by Crippen LogP contribution is -2.63. The van der Waals surface area contributed by atoms with E-state index in [1.807, 2.05) is 0 Å². The van der Waals surface area contributed by atoms with Gasteiger partial charge in [0.2, 0.25) is 0 Å². The van der Waals surface area contributed by atoms with Crippen LogP contribution in [0.4, 0.5) is 4.39 Å². The van der Waals surface area contributed by atoms with Crippen molar-refractivity contribution in [1.29, 1.82) is 0 Å². The summed E-state index contributed by atoms with van der Waals surface area (Å²) in [6.07, 6.45) is -18.5. The molecule has 15 heteroatoms. The Labute approximate surface area is 151 Å². The van der Waals surface area contributed by atoms with E-state index in [2.05, 4.69) is 4.52 Å². The molecule has 2 aliphatic heterocycles. The van der Waals surface area contributed by atoms with Crippen LogP contribution in [0, 0.1) is 0 Å². The molecule has 0 bridgehead atoms. The van der Waals surface area contributed by atoms with E-state index in [0.717, 1.165) is 0 Å². The first-order chi connectivity index (χ1) is 12.5. The summed E-state index contributed by atoms with van der Waals surface area (Å²) in [6, 6.07) is 0. The number of hydrogen-bond acceptors (Lipinski definition) is 11. The molecular formula is C12H22FO13P. The van der Waals surface area contributed by atoms with Gasteiger partial charge in [-0.05, 0) is 0 Å². The monoisotopic (exact) mass is 424 g/mol. The van der Waals surface area contributed by atoms with Crippen LogP contribution in [0.5, 0.6) is 0 Å². The van der Waals surface area contributed by atoms with Gasteiger partial charge < -0.3 is 54.6 Å². The van der Waals surface area contributed by atoms with E-state index < -0.39 is 82.5 Å². The zero-order valence-electron chi connectivity index (χ0n) is 13.6. The molecule has 0 saturated carbocycles. The van der Waals surface area contributed by atoms with Gasteiger partial charge in [0.1, 0.15) is 42.7 Å². The van der Waals surface area contributed by atoms with Crippen molar-refractivity contribution >= 4 is 7.82 Å². The van der Waals surface area contributed by atoms with Crippen molar-refractivity contribution in [1.82, 2.24) is 0 Å². The van der Waals surface area contributed by atoms with Crippen molar-refractivity contribution < 1.29 is 68.1 Å². The number of phosphoric acid groups is 1. The Kier molecular flexibility index (Phi) is 7.66. The van der Waals surface area contributed by atoms with Crippen LogP contribution >= 0.6 is 7.82 Å². The Morgan fingerprint density at radius 1 is 0.852 bits per heavy atom. The third-order valence-corrected chi connectivity index (χ3v) is 4.64. The molecule has 8 N–H and O–H groups in total. The molecule has 160 valence electrons. The Morgan fingerprint density at radius 2 is 1.41 bits per heavy atom. The molecular weight excluding hydrogens is 402 g/mol. The van der Waals surface area contributed by atoms with Crippen LogP contribution in [-0.4, -0.2) is 115 Å². The van der Waals surface area contributed by atoms with E-state index in [0.29, 0.717) is 0 Å². The predicted octanol–water partition coefficient (Wildman–Crippen LogP) is -4.30. The number of halogens is 1. The molecule has 2 heterocycles. The van der Waals surface area contributed by atoms with Crippen molar-refractivity contribution in [2.24, 2.45) is 0 Å². The summed E-state index contributed by atoms with van der Waals surface area (Å²) >= 11 is 0. The Bertz CT molecular complexity index is 531. The maximum Gasteiger partial charge on any atom is 0.469 e. The molecule has 13 nitrogen and oxygen atoms in total. The maximum absolute atomic E-state index is 14.2. The fourth-order valence-corrected chi connectivity index (χ4v) is 2.97. The largest absolute Gasteiger partial charge is 0.469 e. The number of phosphoric ester groups is 1. The highest BCUT2D eigenvalue weighted by molar-refractivity contribution is 7.46. The summed E-state index contributed by atoms with van der Waals surface area (Å²) in [7, 11) is -4.95. The number of hydrogen-bond donors (Lipinski definition) is 8. The molecule has 2 aliphatic rings. The molecule has 2 fully saturated rings. The summed E-state index contributed by atoms with van der Waals surface area (Å²) < 4.78 is 44.1. The Balaban J connectivity index is 2.08. The third-order valence-electron chi connectivity index (χ3n) is 4.15. The van der Waals surface area contributed by atoms with Crippen molar-refractivity contribution in [2.45, 2.75) is 61.5 Å². The van der Waals surface area contributed by atoms with Crippen LogP contribution in [0.2, 0.25) is 0 Å². The van der Waals surface area contributed by atoms with E-state index >= 15 is 0 Å². The van der Waals surface area contributed by atoms with Gasteiger partial charge in [-0.1, -0.05) is 0 Å². The van der Waals surface area contributed by atoms with Gasteiger partial charge in [0, 0.05) is 0 Å². The summed E-state index contributed by atoms with van der Waals surface area (Å²) in [6.45, 7) is -1.70. The lowest BCUT2D eigenvalue weighted by Gasteiger charge is -2.44. The first-order valence-electron chi connectivity index (χ1n) is 7.78. The van der Waals surface area contributed by atoms with E-state index in [1.165, 1.54) is 0 Å². The van der Waals surface area contributed by atoms with Crippen molar-refractivity contribution in [3.05, 3.63) is 0 Å². The highest BCUT2D eigenvalue weighted by Gasteiger charge is 2.50. The lowest BCUT2D eigenvalue weighted by molar-refractivity contribution is -0.370. The van der Waals surface area contributed by atoms with E-state index in [1.54, 1.807) is 0 Å². The quantitative estimate of drug-likeness (QED) is 0.190. The number of ether oxygens (including phenoxy) is 3. The lowest BCUT2D eigenvalue weighted by atomic mass is 9.98. The number of rotatable bonds is 6. The molecule has 0 aliphatic carbocycles. The molecule has 0 aromatic rings. The minimum Gasteiger partial charge on any atom is -0.394 e. The van der Waals surface area contributed by atoms with Crippen LogP contribution in [0.15, 0.2) is 0 Å². The van der Waals surface area contributed by atoms with E-state index in [-0.39, 0.29) is 0 Å². The van der Waals surface area contributed by atoms with Gasteiger partial charge in [-0.25, -0.2) is 8.96 Å². The highest BCUT2D eigenvalue weighted by Crippen LogP contribution is 2.37. The van der Waals surface area contributed by atoms with Gasteiger partial charge in [0.15, 0.2) is 18.8 Å². The molecule has 10 atom stereocenters. The Hall–Kier alpha value is -0.320. The molecule has 5 unspecified atom stereocenters. The summed E-state index contributed by atoms with van der Waals surface area (Å²) in [4.78, 5) is 17.4. The predicted molar refractivity (Wildman–Crippen MR) is 78.4 cm³/mol. The highest BCUT2D eigenvalue weighted by atomic mass is 31.2.